The van der Waals surface area contributed by atoms with Crippen LogP contribution < -0.4 is 0 Å². The zero-order valence-corrected chi connectivity index (χ0v) is 7.25. The second-order valence-electron chi connectivity index (χ2n) is 2.22. The van der Waals surface area contributed by atoms with E-state index in [1.807, 2.05) is 24.3 Å². The van der Waals surface area contributed by atoms with E-state index in [2.05, 4.69) is 26.1 Å². The van der Waals surface area contributed by atoms with Gasteiger partial charge in [-0.1, -0.05) is 24.3 Å². The van der Waals surface area contributed by atoms with Crippen LogP contribution in [0.15, 0.2) is 35.1 Å². The summed E-state index contributed by atoms with van der Waals surface area (Å²) in [5, 5.41) is 9.89. The minimum atomic E-state index is 0.801. The average Bonchev–Trinajstić information content (AvgIpc) is 2.06. The third-order valence-electron chi connectivity index (χ3n) is 1.53. The van der Waals surface area contributed by atoms with Crippen LogP contribution in [-0.4, -0.2) is 10.2 Å². The van der Waals surface area contributed by atoms with Crippen LogP contribution in [0.25, 0.3) is 10.8 Å². The van der Waals surface area contributed by atoms with E-state index in [9.17, 15) is 0 Å². The monoisotopic (exact) mass is 208 g/mol. The van der Waals surface area contributed by atoms with Gasteiger partial charge in [0.05, 0.1) is 6.20 Å². The Morgan fingerprint density at radius 2 is 2.00 bits per heavy atom. The van der Waals surface area contributed by atoms with E-state index in [-0.39, 0.29) is 0 Å². The number of hydrogen-bond acceptors (Lipinski definition) is 2. The Bertz CT molecular complexity index is 381. The number of benzene rings is 1. The summed E-state index contributed by atoms with van der Waals surface area (Å²) in [6.07, 6.45) is 1.75. The molecule has 2 nitrogen and oxygen atoms in total. The lowest BCUT2D eigenvalue weighted by Crippen LogP contribution is -1.82. The van der Waals surface area contributed by atoms with Crippen LogP contribution in [0.5, 0.6) is 0 Å². The van der Waals surface area contributed by atoms with Gasteiger partial charge in [-0.2, -0.15) is 5.10 Å². The molecule has 0 spiro atoms. The van der Waals surface area contributed by atoms with Gasteiger partial charge in [-0.25, -0.2) is 0 Å². The second kappa shape index (κ2) is 2.58. The van der Waals surface area contributed by atoms with Gasteiger partial charge in [-0.15, -0.1) is 5.10 Å². The van der Waals surface area contributed by atoms with Crippen molar-refractivity contribution in [3.05, 3.63) is 35.1 Å². The molecule has 0 aliphatic heterocycles. The fraction of sp³-hybridized carbons (Fsp3) is 0. The van der Waals surface area contributed by atoms with Crippen molar-refractivity contribution in [1.82, 2.24) is 10.2 Å². The van der Waals surface area contributed by atoms with Gasteiger partial charge in [0.15, 0.2) is 0 Å². The lowest BCUT2D eigenvalue weighted by molar-refractivity contribution is 1.03. The molecule has 0 bridgehead atoms. The fourth-order valence-corrected chi connectivity index (χ4v) is 1.45. The Kier molecular flexibility index (Phi) is 1.58. The predicted octanol–water partition coefficient (Wildman–Crippen LogP) is 2.39. The Morgan fingerprint density at radius 1 is 1.18 bits per heavy atom. The lowest BCUT2D eigenvalue weighted by Gasteiger charge is -1.95. The van der Waals surface area contributed by atoms with Crippen LogP contribution in [0.1, 0.15) is 0 Å². The number of rotatable bonds is 0. The number of halogens is 1. The van der Waals surface area contributed by atoms with Crippen LogP contribution in [0.2, 0.25) is 0 Å². The van der Waals surface area contributed by atoms with Gasteiger partial charge in [-0.3, -0.25) is 0 Å². The first-order valence-electron chi connectivity index (χ1n) is 3.24. The van der Waals surface area contributed by atoms with Crippen LogP contribution in [-0.2, 0) is 0 Å². The molecular weight excluding hydrogens is 204 g/mol. The molecule has 0 aliphatic rings. The normalized spacial score (nSPS) is 10.3. The van der Waals surface area contributed by atoms with Crippen molar-refractivity contribution >= 4 is 26.7 Å². The highest BCUT2D eigenvalue weighted by Crippen LogP contribution is 2.18. The summed E-state index contributed by atoms with van der Waals surface area (Å²) in [5.74, 6) is 0. The molecule has 2 rings (SSSR count). The Morgan fingerprint density at radius 3 is 2.82 bits per heavy atom. The van der Waals surface area contributed by atoms with E-state index in [0.717, 1.165) is 15.4 Å². The van der Waals surface area contributed by atoms with Crippen LogP contribution in [0.4, 0.5) is 0 Å². The molecule has 0 amide bonds. The molecule has 54 valence electrons. The number of fused-ring (bicyclic) bond motifs is 1. The number of aromatic nitrogens is 2. The molecule has 3 heteroatoms. The van der Waals surface area contributed by atoms with Gasteiger partial charge in [0.1, 0.15) is 4.60 Å². The van der Waals surface area contributed by atoms with E-state index < -0.39 is 0 Å². The van der Waals surface area contributed by atoms with Gasteiger partial charge in [0.2, 0.25) is 0 Å². The Balaban J connectivity index is 2.91. The highest BCUT2D eigenvalue weighted by atomic mass is 79.9. The molecule has 0 N–H and O–H groups in total. The maximum Gasteiger partial charge on any atom is 0.136 e. The molecule has 1 aromatic heterocycles. The van der Waals surface area contributed by atoms with Crippen molar-refractivity contribution < 1.29 is 0 Å². The quantitative estimate of drug-likeness (QED) is 0.665. The van der Waals surface area contributed by atoms with Crippen LogP contribution in [0.3, 0.4) is 0 Å². The summed E-state index contributed by atoms with van der Waals surface area (Å²) in [4.78, 5) is 0. The standard InChI is InChI=1S/C8H5BrN2/c9-8-7-4-2-1-3-6(7)5-10-11-8/h1-5H. The molecular formula is C8H5BrN2. The number of nitrogens with zero attached hydrogens (tertiary/aromatic N) is 2. The molecule has 0 saturated carbocycles. The first-order valence-corrected chi connectivity index (χ1v) is 4.03. The first-order chi connectivity index (χ1) is 5.38. The minimum absolute atomic E-state index is 0.801. The zero-order chi connectivity index (χ0) is 7.68. The molecule has 0 fully saturated rings. The molecule has 11 heavy (non-hydrogen) atoms. The number of hydrogen-bond donors (Lipinski definition) is 0. The van der Waals surface area contributed by atoms with Crippen LogP contribution in [0, 0.1) is 0 Å². The zero-order valence-electron chi connectivity index (χ0n) is 5.66. The van der Waals surface area contributed by atoms with Crippen molar-refractivity contribution in [2.75, 3.05) is 0 Å². The minimum Gasteiger partial charge on any atom is -0.157 e. The smallest absolute Gasteiger partial charge is 0.136 e. The molecule has 0 radical (unpaired) electrons. The van der Waals surface area contributed by atoms with Crippen molar-refractivity contribution in [2.24, 2.45) is 0 Å². The lowest BCUT2D eigenvalue weighted by atomic mass is 10.2. The molecule has 0 aliphatic carbocycles. The van der Waals surface area contributed by atoms with Crippen molar-refractivity contribution in [1.29, 1.82) is 0 Å². The topological polar surface area (TPSA) is 25.8 Å². The molecule has 0 unspecified atom stereocenters. The summed E-state index contributed by atoms with van der Waals surface area (Å²) < 4.78 is 0.801. The van der Waals surface area contributed by atoms with Gasteiger partial charge in [0, 0.05) is 10.8 Å². The van der Waals surface area contributed by atoms with E-state index >= 15 is 0 Å². The third-order valence-corrected chi connectivity index (χ3v) is 2.11. The van der Waals surface area contributed by atoms with Gasteiger partial charge < -0.3 is 0 Å². The van der Waals surface area contributed by atoms with E-state index in [4.69, 9.17) is 0 Å². The van der Waals surface area contributed by atoms with Crippen LogP contribution >= 0.6 is 15.9 Å². The van der Waals surface area contributed by atoms with Gasteiger partial charge in [-0.05, 0) is 15.9 Å². The summed E-state index contributed by atoms with van der Waals surface area (Å²) in [6, 6.07) is 7.98. The maximum atomic E-state index is 3.87. The highest BCUT2D eigenvalue weighted by Gasteiger charge is 1.96. The highest BCUT2D eigenvalue weighted by molar-refractivity contribution is 9.10. The molecule has 2 aromatic rings. The maximum absolute atomic E-state index is 3.87. The summed E-state index contributed by atoms with van der Waals surface area (Å²) >= 11 is 3.32. The second-order valence-corrected chi connectivity index (χ2v) is 2.97. The first kappa shape index (κ1) is 6.73. The fourth-order valence-electron chi connectivity index (χ4n) is 0.993. The largest absolute Gasteiger partial charge is 0.157 e. The Labute approximate surface area is 72.4 Å². The SMILES string of the molecule is Brc1nncc2ccccc12. The van der Waals surface area contributed by atoms with Crippen molar-refractivity contribution in [2.45, 2.75) is 0 Å². The Hall–Kier alpha value is -0.960. The molecule has 1 aromatic carbocycles. The third kappa shape index (κ3) is 1.12. The van der Waals surface area contributed by atoms with E-state index in [1.54, 1.807) is 6.20 Å². The average molecular weight is 209 g/mol. The van der Waals surface area contributed by atoms with E-state index in [1.165, 1.54) is 0 Å². The van der Waals surface area contributed by atoms with E-state index in [0.29, 0.717) is 0 Å². The molecule has 0 atom stereocenters. The van der Waals surface area contributed by atoms with Gasteiger partial charge in [0.25, 0.3) is 0 Å². The summed E-state index contributed by atoms with van der Waals surface area (Å²) in [7, 11) is 0. The molecule has 1 heterocycles. The summed E-state index contributed by atoms with van der Waals surface area (Å²) in [5.41, 5.74) is 0. The molecule has 0 saturated heterocycles. The summed E-state index contributed by atoms with van der Waals surface area (Å²) in [6.45, 7) is 0. The predicted molar refractivity (Wildman–Crippen MR) is 47.2 cm³/mol. The van der Waals surface area contributed by atoms with Gasteiger partial charge >= 0.3 is 0 Å². The van der Waals surface area contributed by atoms with Crippen molar-refractivity contribution in [3.63, 3.8) is 0 Å². The van der Waals surface area contributed by atoms with Crippen molar-refractivity contribution in [3.8, 4) is 0 Å².